The van der Waals surface area contributed by atoms with E-state index < -0.39 is 0 Å². The van der Waals surface area contributed by atoms with Crippen LogP contribution in [0.25, 0.3) is 49.7 Å². The van der Waals surface area contributed by atoms with Gasteiger partial charge in [0.25, 0.3) is 0 Å². The molecular formula is C51H38N2. The van der Waals surface area contributed by atoms with Crippen LogP contribution in [-0.4, -0.2) is 4.57 Å². The molecule has 0 atom stereocenters. The molecule has 0 saturated heterocycles. The van der Waals surface area contributed by atoms with Crippen LogP contribution in [-0.2, 0) is 5.41 Å². The van der Waals surface area contributed by atoms with Gasteiger partial charge in [-0.3, -0.25) is 0 Å². The first-order valence-corrected chi connectivity index (χ1v) is 18.6. The average Bonchev–Trinajstić information content (AvgIpc) is 3.67. The number of fused-ring (bicyclic) bond motifs is 6. The highest BCUT2D eigenvalue weighted by atomic mass is 15.1. The fraction of sp³-hybridized carbons (Fsp3) is 0.0980. The molecule has 2 heteroatoms. The summed E-state index contributed by atoms with van der Waals surface area (Å²) in [5.41, 5.74) is 23.9. The number of hydrogen-bond donors (Lipinski definition) is 0. The lowest BCUT2D eigenvalue weighted by atomic mass is 9.82. The lowest BCUT2D eigenvalue weighted by Crippen LogP contribution is -2.18. The Balaban J connectivity index is 1.08. The van der Waals surface area contributed by atoms with E-state index >= 15 is 0 Å². The maximum Gasteiger partial charge on any atom is 0.0973 e. The number of aromatic nitrogens is 1. The van der Waals surface area contributed by atoms with E-state index in [9.17, 15) is 0 Å². The van der Waals surface area contributed by atoms with Gasteiger partial charge >= 0.3 is 0 Å². The minimum Gasteiger partial charge on any atom is -0.309 e. The summed E-state index contributed by atoms with van der Waals surface area (Å²) in [6, 6.07) is 51.0. The standard InChI is InChI=1S/C51H38N2/c1-51(2)47-19-11-9-17-43(47)44-31-30-42(34-48(44)51)52(40-26-21-36(22-27-40)35-13-5-3-6-14-35)41-28-23-37(24-29-41)38-25-32-50-46(33-38)45-18-10-12-20-49(45)53(50)39-15-7-4-8-16-39/h3-5,7-13,15-21,23-26,28-34H,6,14H2,1-2H3. The third-order valence-electron chi connectivity index (χ3n) is 11.3. The second-order valence-corrected chi connectivity index (χ2v) is 14.7. The minimum atomic E-state index is -0.0968. The van der Waals surface area contributed by atoms with Crippen LogP contribution in [0.5, 0.6) is 0 Å². The van der Waals surface area contributed by atoms with Crippen LogP contribution in [0.15, 0.2) is 198 Å². The molecule has 0 N–H and O–H groups in total. The SMILES string of the molecule is CC1(C)c2ccccc2-c2ccc(N(C3=C=C=C(C4=CC=CCC4)C=C3)c3ccc(-c4ccc5c(c4)c4ccccc4n5-c4ccccc4)cc3)cc21. The highest BCUT2D eigenvalue weighted by Gasteiger charge is 2.35. The van der Waals surface area contributed by atoms with Gasteiger partial charge in [0.2, 0.25) is 0 Å². The van der Waals surface area contributed by atoms with E-state index in [0.29, 0.717) is 0 Å². The van der Waals surface area contributed by atoms with Crippen molar-refractivity contribution in [1.82, 2.24) is 4.57 Å². The maximum absolute atomic E-state index is 3.57. The van der Waals surface area contributed by atoms with Gasteiger partial charge < -0.3 is 9.47 Å². The van der Waals surface area contributed by atoms with Crippen LogP contribution in [0.4, 0.5) is 11.4 Å². The fourth-order valence-corrected chi connectivity index (χ4v) is 8.59. The van der Waals surface area contributed by atoms with Gasteiger partial charge in [-0.25, -0.2) is 0 Å². The van der Waals surface area contributed by atoms with Gasteiger partial charge in [-0.15, -0.1) is 0 Å². The van der Waals surface area contributed by atoms with Crippen molar-refractivity contribution in [2.24, 2.45) is 0 Å². The number of allylic oxidation sites excluding steroid dienone is 7. The van der Waals surface area contributed by atoms with Crippen molar-refractivity contribution in [2.45, 2.75) is 32.1 Å². The van der Waals surface area contributed by atoms with E-state index in [1.54, 1.807) is 0 Å². The van der Waals surface area contributed by atoms with Gasteiger partial charge in [-0.1, -0.05) is 123 Å². The molecule has 53 heavy (non-hydrogen) atoms. The molecule has 0 bridgehead atoms. The Morgan fingerprint density at radius 3 is 2.15 bits per heavy atom. The zero-order chi connectivity index (χ0) is 35.5. The first-order chi connectivity index (χ1) is 26.0. The number of benzene rings is 6. The van der Waals surface area contributed by atoms with E-state index in [2.05, 4.69) is 205 Å². The Morgan fingerprint density at radius 2 is 1.34 bits per heavy atom. The molecule has 252 valence electrons. The first-order valence-electron chi connectivity index (χ1n) is 18.6. The fourth-order valence-electron chi connectivity index (χ4n) is 8.59. The van der Waals surface area contributed by atoms with Crippen molar-refractivity contribution < 1.29 is 0 Å². The molecular weight excluding hydrogens is 641 g/mol. The largest absolute Gasteiger partial charge is 0.309 e. The van der Waals surface area contributed by atoms with Crippen molar-refractivity contribution >= 4 is 33.2 Å². The molecule has 1 heterocycles. The predicted octanol–water partition coefficient (Wildman–Crippen LogP) is 13.3. The molecule has 7 aromatic rings. The van der Waals surface area contributed by atoms with Crippen molar-refractivity contribution in [3.05, 3.63) is 209 Å². The zero-order valence-electron chi connectivity index (χ0n) is 30.0. The number of para-hydroxylation sites is 2. The van der Waals surface area contributed by atoms with E-state index in [0.717, 1.165) is 35.5 Å². The van der Waals surface area contributed by atoms with Crippen molar-refractivity contribution in [3.8, 4) is 27.9 Å². The van der Waals surface area contributed by atoms with E-state index in [-0.39, 0.29) is 5.41 Å². The molecule has 0 unspecified atom stereocenters. The molecule has 3 aliphatic carbocycles. The van der Waals surface area contributed by atoms with Crippen molar-refractivity contribution in [1.29, 1.82) is 0 Å². The van der Waals surface area contributed by atoms with E-state index in [1.165, 1.54) is 66.4 Å². The average molecular weight is 679 g/mol. The molecule has 0 radical (unpaired) electrons. The molecule has 0 spiro atoms. The van der Waals surface area contributed by atoms with Gasteiger partial charge in [0.15, 0.2) is 0 Å². The van der Waals surface area contributed by atoms with Crippen LogP contribution < -0.4 is 4.90 Å². The molecule has 10 rings (SSSR count). The quantitative estimate of drug-likeness (QED) is 0.159. The van der Waals surface area contributed by atoms with Gasteiger partial charge in [0, 0.05) is 38.8 Å². The molecule has 0 aliphatic heterocycles. The van der Waals surface area contributed by atoms with Gasteiger partial charge in [-0.05, 0) is 124 Å². The Bertz CT molecular complexity index is 2810. The van der Waals surface area contributed by atoms with E-state index in [1.807, 2.05) is 0 Å². The third kappa shape index (κ3) is 5.12. The molecule has 1 aromatic heterocycles. The lowest BCUT2D eigenvalue weighted by molar-refractivity contribution is 0.660. The summed E-state index contributed by atoms with van der Waals surface area (Å²) < 4.78 is 2.37. The Morgan fingerprint density at radius 1 is 0.604 bits per heavy atom. The maximum atomic E-state index is 3.57. The summed E-state index contributed by atoms with van der Waals surface area (Å²) in [6.07, 6.45) is 13.1. The van der Waals surface area contributed by atoms with Crippen LogP contribution in [0.2, 0.25) is 0 Å². The normalized spacial score (nSPS) is 15.2. The summed E-state index contributed by atoms with van der Waals surface area (Å²) in [6.45, 7) is 4.69. The number of nitrogens with zero attached hydrogens (tertiary/aromatic N) is 2. The molecule has 0 amide bonds. The summed E-state index contributed by atoms with van der Waals surface area (Å²) >= 11 is 0. The second kappa shape index (κ2) is 12.3. The lowest BCUT2D eigenvalue weighted by Gasteiger charge is -2.28. The van der Waals surface area contributed by atoms with Crippen LogP contribution in [0.1, 0.15) is 37.8 Å². The Kier molecular flexibility index (Phi) is 7.24. The first kappa shape index (κ1) is 31.2. The highest BCUT2D eigenvalue weighted by Crippen LogP contribution is 2.50. The zero-order valence-corrected chi connectivity index (χ0v) is 30.0. The summed E-state index contributed by atoms with van der Waals surface area (Å²) in [5, 5.41) is 2.51. The highest BCUT2D eigenvalue weighted by molar-refractivity contribution is 6.10. The minimum absolute atomic E-state index is 0.0968. The summed E-state index contributed by atoms with van der Waals surface area (Å²) in [7, 11) is 0. The number of rotatable bonds is 6. The second-order valence-electron chi connectivity index (χ2n) is 14.7. The van der Waals surface area contributed by atoms with Crippen molar-refractivity contribution in [3.63, 3.8) is 0 Å². The van der Waals surface area contributed by atoms with Gasteiger partial charge in [-0.2, -0.15) is 0 Å². The predicted molar refractivity (Wildman–Crippen MR) is 222 cm³/mol. The van der Waals surface area contributed by atoms with Gasteiger partial charge in [0.1, 0.15) is 0 Å². The Labute approximate surface area is 311 Å². The molecule has 3 aliphatic rings. The third-order valence-corrected chi connectivity index (χ3v) is 11.3. The Hall–Kier alpha value is -6.56. The number of anilines is 2. The molecule has 0 saturated carbocycles. The monoisotopic (exact) mass is 678 g/mol. The van der Waals surface area contributed by atoms with Crippen LogP contribution in [0, 0.1) is 0 Å². The van der Waals surface area contributed by atoms with Gasteiger partial charge in [0.05, 0.1) is 16.7 Å². The molecule has 2 nitrogen and oxygen atoms in total. The summed E-state index contributed by atoms with van der Waals surface area (Å²) in [5.74, 6) is 0. The topological polar surface area (TPSA) is 8.17 Å². The van der Waals surface area contributed by atoms with Crippen LogP contribution in [0.3, 0.4) is 0 Å². The molecule has 6 aromatic carbocycles. The summed E-state index contributed by atoms with van der Waals surface area (Å²) in [4.78, 5) is 2.33. The van der Waals surface area contributed by atoms with Crippen molar-refractivity contribution in [2.75, 3.05) is 4.90 Å². The van der Waals surface area contributed by atoms with Crippen LogP contribution >= 0.6 is 0 Å². The van der Waals surface area contributed by atoms with E-state index in [4.69, 9.17) is 0 Å². The number of hydrogen-bond acceptors (Lipinski definition) is 1. The smallest absolute Gasteiger partial charge is 0.0973 e. The molecule has 0 fully saturated rings.